The zero-order chi connectivity index (χ0) is 20.5. The second-order valence-corrected chi connectivity index (χ2v) is 8.42. The molecule has 1 aromatic carbocycles. The van der Waals surface area contributed by atoms with Gasteiger partial charge in [0.05, 0.1) is 17.2 Å². The topological polar surface area (TPSA) is 52.6 Å². The molecule has 0 amide bonds. The number of halogens is 2. The third-order valence-corrected chi connectivity index (χ3v) is 6.30. The molecular formula is C22H33FIN5S. The summed E-state index contributed by atoms with van der Waals surface area (Å²) in [7, 11) is 0. The van der Waals surface area contributed by atoms with E-state index in [-0.39, 0.29) is 29.8 Å². The van der Waals surface area contributed by atoms with E-state index in [0.29, 0.717) is 18.0 Å². The Kier molecular flexibility index (Phi) is 11.0. The van der Waals surface area contributed by atoms with Crippen molar-refractivity contribution in [3.05, 3.63) is 51.7 Å². The van der Waals surface area contributed by atoms with Gasteiger partial charge in [0, 0.05) is 30.6 Å². The van der Waals surface area contributed by atoms with Crippen LogP contribution in [0.5, 0.6) is 0 Å². The summed E-state index contributed by atoms with van der Waals surface area (Å²) in [5, 5.41) is 10.1. The number of aromatic nitrogens is 1. The Morgan fingerprint density at radius 1 is 1.23 bits per heavy atom. The van der Waals surface area contributed by atoms with E-state index in [4.69, 9.17) is 0 Å². The fourth-order valence-corrected chi connectivity index (χ4v) is 4.27. The fourth-order valence-electron chi connectivity index (χ4n) is 3.54. The second-order valence-electron chi connectivity index (χ2n) is 7.47. The molecule has 166 valence electrons. The van der Waals surface area contributed by atoms with Crippen molar-refractivity contribution in [3.8, 4) is 0 Å². The summed E-state index contributed by atoms with van der Waals surface area (Å²) >= 11 is 1.77. The van der Waals surface area contributed by atoms with E-state index in [1.165, 1.54) is 29.6 Å². The highest BCUT2D eigenvalue weighted by Crippen LogP contribution is 2.19. The average Bonchev–Trinajstić information content (AvgIpc) is 3.20. The van der Waals surface area contributed by atoms with E-state index >= 15 is 0 Å². The number of hydrogen-bond donors (Lipinski definition) is 2. The van der Waals surface area contributed by atoms with Crippen molar-refractivity contribution < 1.29 is 4.39 Å². The molecule has 1 saturated heterocycles. The Morgan fingerprint density at radius 2 is 2.00 bits per heavy atom. The molecule has 1 aliphatic heterocycles. The summed E-state index contributed by atoms with van der Waals surface area (Å²) in [5.74, 6) is 1.18. The summed E-state index contributed by atoms with van der Waals surface area (Å²) in [6, 6.07) is 6.81. The Balaban J connectivity index is 0.00000320. The van der Waals surface area contributed by atoms with E-state index in [2.05, 4.69) is 37.8 Å². The van der Waals surface area contributed by atoms with Crippen molar-refractivity contribution in [2.45, 2.75) is 46.2 Å². The van der Waals surface area contributed by atoms with Gasteiger partial charge in [-0.15, -0.1) is 35.3 Å². The number of thiazole rings is 1. The number of piperidine rings is 1. The molecule has 2 N–H and O–H groups in total. The molecule has 0 aliphatic carbocycles. The van der Waals surface area contributed by atoms with Crippen molar-refractivity contribution in [1.29, 1.82) is 0 Å². The minimum Gasteiger partial charge on any atom is -0.357 e. The first-order valence-electron chi connectivity index (χ1n) is 10.6. The van der Waals surface area contributed by atoms with Gasteiger partial charge in [0.25, 0.3) is 0 Å². The Morgan fingerprint density at radius 3 is 2.67 bits per heavy atom. The number of benzene rings is 1. The van der Waals surface area contributed by atoms with Crippen LogP contribution in [0, 0.1) is 11.7 Å². The monoisotopic (exact) mass is 545 g/mol. The van der Waals surface area contributed by atoms with Crippen molar-refractivity contribution >= 4 is 41.3 Å². The molecule has 2 aromatic rings. The fraction of sp³-hybridized carbons (Fsp3) is 0.545. The summed E-state index contributed by atoms with van der Waals surface area (Å²) in [6.45, 7) is 9.39. The maximum Gasteiger partial charge on any atom is 0.191 e. The molecular weight excluding hydrogens is 512 g/mol. The standard InChI is InChI=1S/C22H32FN5S.HI/c1-3-21-27-19(16-29-21)15-28-11-9-17(10-12-28)13-25-22(24-4-2)26-14-18-7-5-6-8-20(18)23;/h5-8,16-17H,3-4,9-15H2,1-2H3,(H2,24,25,26);1H. The van der Waals surface area contributed by atoms with E-state index in [1.54, 1.807) is 23.5 Å². The predicted octanol–water partition coefficient (Wildman–Crippen LogP) is 4.43. The zero-order valence-corrected chi connectivity index (χ0v) is 21.0. The predicted molar refractivity (Wildman–Crippen MR) is 134 cm³/mol. The van der Waals surface area contributed by atoms with Crippen LogP contribution < -0.4 is 10.6 Å². The van der Waals surface area contributed by atoms with Gasteiger partial charge in [-0.3, -0.25) is 4.90 Å². The minimum absolute atomic E-state index is 0. The highest BCUT2D eigenvalue weighted by Gasteiger charge is 2.20. The molecule has 1 fully saturated rings. The molecule has 0 spiro atoms. The molecule has 30 heavy (non-hydrogen) atoms. The second kappa shape index (κ2) is 13.2. The van der Waals surface area contributed by atoms with Gasteiger partial charge >= 0.3 is 0 Å². The van der Waals surface area contributed by atoms with Crippen LogP contribution >= 0.6 is 35.3 Å². The third kappa shape index (κ3) is 7.77. The van der Waals surface area contributed by atoms with Crippen molar-refractivity contribution in [1.82, 2.24) is 20.5 Å². The summed E-state index contributed by atoms with van der Waals surface area (Å²) in [6.07, 6.45) is 3.36. The minimum atomic E-state index is -0.203. The van der Waals surface area contributed by atoms with Gasteiger partial charge in [-0.2, -0.15) is 0 Å². The molecule has 0 unspecified atom stereocenters. The lowest BCUT2D eigenvalue weighted by Crippen LogP contribution is -2.42. The van der Waals surface area contributed by atoms with Crippen LogP contribution in [0.2, 0.25) is 0 Å². The van der Waals surface area contributed by atoms with Gasteiger partial charge in [0.1, 0.15) is 5.82 Å². The van der Waals surface area contributed by atoms with Crippen LogP contribution in [-0.2, 0) is 19.5 Å². The van der Waals surface area contributed by atoms with Gasteiger partial charge in [0.15, 0.2) is 5.96 Å². The lowest BCUT2D eigenvalue weighted by Gasteiger charge is -2.31. The van der Waals surface area contributed by atoms with Crippen LogP contribution in [0.1, 0.15) is 43.0 Å². The molecule has 0 atom stereocenters. The van der Waals surface area contributed by atoms with Crippen molar-refractivity contribution in [2.24, 2.45) is 10.9 Å². The quantitative estimate of drug-likeness (QED) is 0.293. The van der Waals surface area contributed by atoms with Gasteiger partial charge in [-0.05, 0) is 51.3 Å². The number of aliphatic imine (C=N–C) groups is 1. The largest absolute Gasteiger partial charge is 0.357 e. The van der Waals surface area contributed by atoms with Crippen LogP contribution in [0.3, 0.4) is 0 Å². The molecule has 0 radical (unpaired) electrons. The third-order valence-electron chi connectivity index (χ3n) is 5.26. The van der Waals surface area contributed by atoms with E-state index < -0.39 is 0 Å². The lowest BCUT2D eigenvalue weighted by molar-refractivity contribution is 0.176. The number of nitrogens with one attached hydrogen (secondary N) is 2. The van der Waals surface area contributed by atoms with Crippen molar-refractivity contribution in [3.63, 3.8) is 0 Å². The molecule has 1 aliphatic rings. The maximum absolute atomic E-state index is 13.8. The summed E-state index contributed by atoms with van der Waals surface area (Å²) in [5.41, 5.74) is 1.82. The summed E-state index contributed by atoms with van der Waals surface area (Å²) in [4.78, 5) is 11.7. The first-order chi connectivity index (χ1) is 14.2. The smallest absolute Gasteiger partial charge is 0.191 e. The van der Waals surface area contributed by atoms with Gasteiger partial charge in [-0.25, -0.2) is 14.4 Å². The van der Waals surface area contributed by atoms with Crippen LogP contribution in [-0.4, -0.2) is 42.0 Å². The van der Waals surface area contributed by atoms with Gasteiger partial charge < -0.3 is 10.6 Å². The number of aryl methyl sites for hydroxylation is 1. The van der Waals surface area contributed by atoms with E-state index in [0.717, 1.165) is 45.1 Å². The average molecular weight is 546 g/mol. The van der Waals surface area contributed by atoms with Crippen LogP contribution in [0.15, 0.2) is 34.6 Å². The maximum atomic E-state index is 13.8. The number of nitrogens with zero attached hydrogens (tertiary/aromatic N) is 3. The SMILES string of the molecule is CCNC(=NCc1ccccc1F)NCC1CCN(Cc2csc(CC)n2)CC1.I. The lowest BCUT2D eigenvalue weighted by atomic mass is 9.97. The van der Waals surface area contributed by atoms with Crippen LogP contribution in [0.25, 0.3) is 0 Å². The number of guanidine groups is 1. The van der Waals surface area contributed by atoms with Gasteiger partial charge in [-0.1, -0.05) is 25.1 Å². The van der Waals surface area contributed by atoms with Crippen LogP contribution in [0.4, 0.5) is 4.39 Å². The molecule has 2 heterocycles. The molecule has 5 nitrogen and oxygen atoms in total. The molecule has 3 rings (SSSR count). The highest BCUT2D eigenvalue weighted by molar-refractivity contribution is 14.0. The van der Waals surface area contributed by atoms with Gasteiger partial charge in [0.2, 0.25) is 0 Å². The molecule has 8 heteroatoms. The van der Waals surface area contributed by atoms with Crippen molar-refractivity contribution in [2.75, 3.05) is 26.2 Å². The van der Waals surface area contributed by atoms with E-state index in [1.807, 2.05) is 13.0 Å². The molecule has 1 aromatic heterocycles. The first-order valence-corrected chi connectivity index (χ1v) is 11.5. The Hall–Kier alpha value is -1.26. The molecule has 0 saturated carbocycles. The number of rotatable bonds is 8. The highest BCUT2D eigenvalue weighted by atomic mass is 127. The first kappa shape index (κ1) is 25.0. The van der Waals surface area contributed by atoms with E-state index in [9.17, 15) is 4.39 Å². The summed E-state index contributed by atoms with van der Waals surface area (Å²) < 4.78 is 13.8. The normalized spacial score (nSPS) is 15.6. The zero-order valence-electron chi connectivity index (χ0n) is 17.9. The Labute approximate surface area is 200 Å². The number of likely N-dealkylation sites (tertiary alicyclic amines) is 1. The molecule has 0 bridgehead atoms. The number of hydrogen-bond acceptors (Lipinski definition) is 4. The Bertz CT molecular complexity index is 789.